The van der Waals surface area contributed by atoms with E-state index in [0.29, 0.717) is 0 Å². The van der Waals surface area contributed by atoms with E-state index in [2.05, 4.69) is 61.0 Å². The molecule has 0 unspecified atom stereocenters. The first-order valence-corrected chi connectivity index (χ1v) is 16.1. The fourth-order valence-electron chi connectivity index (χ4n) is 4.25. The molecule has 0 spiro atoms. The third-order valence-corrected chi connectivity index (χ3v) is 8.79. The summed E-state index contributed by atoms with van der Waals surface area (Å²) in [5.74, 6) is 2.82. The topological polar surface area (TPSA) is 40.5 Å². The van der Waals surface area contributed by atoms with Crippen molar-refractivity contribution in [3.8, 4) is 11.5 Å². The van der Waals surface area contributed by atoms with Crippen LogP contribution in [0.15, 0.2) is 94.7 Å². The van der Waals surface area contributed by atoms with E-state index in [-0.39, 0.29) is 11.5 Å². The van der Waals surface area contributed by atoms with Gasteiger partial charge < -0.3 is 10.2 Å². The summed E-state index contributed by atoms with van der Waals surface area (Å²) in [6.45, 7) is 0. The molecule has 2 N–H and O–H groups in total. The highest BCUT2D eigenvalue weighted by atomic mass is 32.2. The van der Waals surface area contributed by atoms with Crippen LogP contribution in [0.1, 0.15) is 33.4 Å². The van der Waals surface area contributed by atoms with Crippen molar-refractivity contribution in [2.45, 2.75) is 35.5 Å². The lowest BCUT2D eigenvalue weighted by atomic mass is 10.0. The summed E-state index contributed by atoms with van der Waals surface area (Å²) < 4.78 is 0. The lowest BCUT2D eigenvalue weighted by Crippen LogP contribution is -1.95. The predicted molar refractivity (Wildman–Crippen MR) is 163 cm³/mol. The quantitative estimate of drug-likeness (QED) is 0.187. The molecule has 4 rings (SSSR count). The van der Waals surface area contributed by atoms with Crippen LogP contribution < -0.4 is 0 Å². The van der Waals surface area contributed by atoms with Gasteiger partial charge in [-0.1, -0.05) is 60.3 Å². The largest absolute Gasteiger partial charge is 0.508 e. The summed E-state index contributed by atoms with van der Waals surface area (Å²) in [5.41, 5.74) is 7.36. The summed E-state index contributed by atoms with van der Waals surface area (Å²) >= 11 is 5.43. The number of phenolic OH excluding ortho intramolecular Hbond substituents is 2. The van der Waals surface area contributed by atoms with Crippen LogP contribution in [0.3, 0.4) is 0 Å². The molecule has 4 aromatic carbocycles. The van der Waals surface area contributed by atoms with E-state index in [9.17, 15) is 10.2 Å². The summed E-state index contributed by atoms with van der Waals surface area (Å²) in [6, 6.07) is 28.9. The predicted octanol–water partition coefficient (Wildman–Crippen LogP) is 8.24. The zero-order chi connectivity index (χ0) is 26.0. The van der Waals surface area contributed by atoms with Crippen LogP contribution in [0, 0.1) is 0 Å². The molecule has 0 aliphatic heterocycles. The van der Waals surface area contributed by atoms with Crippen molar-refractivity contribution in [3.05, 3.63) is 118 Å². The molecule has 0 aromatic heterocycles. The molecule has 0 bridgehead atoms. The van der Waals surface area contributed by atoms with Gasteiger partial charge in [0.15, 0.2) is 0 Å². The van der Waals surface area contributed by atoms with E-state index in [0.717, 1.165) is 58.1 Å². The van der Waals surface area contributed by atoms with Crippen LogP contribution in [-0.2, 0) is 25.7 Å². The Balaban J connectivity index is 1.54. The van der Waals surface area contributed by atoms with Crippen molar-refractivity contribution in [1.82, 2.24) is 0 Å². The van der Waals surface area contributed by atoms with Crippen molar-refractivity contribution in [1.29, 1.82) is 0 Å². The monoisotopic (exact) mass is 546 g/mol. The fourth-order valence-corrected chi connectivity index (χ4v) is 6.17. The Morgan fingerprint density at radius 2 is 0.892 bits per heavy atom. The molecule has 37 heavy (non-hydrogen) atoms. The average molecular weight is 547 g/mol. The van der Waals surface area contributed by atoms with Crippen molar-refractivity contribution in [3.63, 3.8) is 0 Å². The first kappa shape index (κ1) is 27.6. The Hall–Kier alpha value is -2.47. The molecule has 0 heterocycles. The van der Waals surface area contributed by atoms with E-state index < -0.39 is 0 Å². The van der Waals surface area contributed by atoms with Gasteiger partial charge in [-0.15, -0.1) is 0 Å². The minimum atomic E-state index is 0.281. The number of benzene rings is 4. The molecule has 0 atom stereocenters. The molecular formula is C32H34O2S3. The molecule has 0 aliphatic rings. The molecule has 192 valence electrons. The second-order valence-electron chi connectivity index (χ2n) is 9.16. The SMILES string of the molecule is CSCCc1ccc(Cc2cc(O)ccc2Sc2ccc(O)cc2Cc2ccc(CCSC)cc2)cc1. The standard InChI is InChI=1S/C32H34O2S3/c1-35-17-15-23-3-7-25(8-4-23)19-27-21-29(33)11-13-31(27)37-32-14-12-30(34)22-28(32)20-26-9-5-24(6-10-26)16-18-36-2/h3-14,21-22,33-34H,15-20H2,1-2H3. The highest BCUT2D eigenvalue weighted by molar-refractivity contribution is 7.99. The molecule has 0 fully saturated rings. The average Bonchev–Trinajstić information content (AvgIpc) is 2.91. The van der Waals surface area contributed by atoms with Crippen LogP contribution in [0.25, 0.3) is 0 Å². The highest BCUT2D eigenvalue weighted by Crippen LogP contribution is 2.37. The van der Waals surface area contributed by atoms with E-state index in [1.807, 2.05) is 47.8 Å². The molecular weight excluding hydrogens is 513 g/mol. The minimum Gasteiger partial charge on any atom is -0.508 e. The zero-order valence-electron chi connectivity index (χ0n) is 21.4. The van der Waals surface area contributed by atoms with E-state index in [4.69, 9.17) is 0 Å². The molecule has 0 radical (unpaired) electrons. The van der Waals surface area contributed by atoms with E-state index in [1.165, 1.54) is 22.3 Å². The summed E-state index contributed by atoms with van der Waals surface area (Å²) in [4.78, 5) is 2.23. The van der Waals surface area contributed by atoms with Gasteiger partial charge in [-0.05, 0) is 119 Å². The van der Waals surface area contributed by atoms with Gasteiger partial charge in [-0.25, -0.2) is 0 Å². The Kier molecular flexibility index (Phi) is 10.4. The molecule has 5 heteroatoms. The second-order valence-corrected chi connectivity index (χ2v) is 12.2. The van der Waals surface area contributed by atoms with Crippen molar-refractivity contribution < 1.29 is 10.2 Å². The highest BCUT2D eigenvalue weighted by Gasteiger charge is 2.12. The van der Waals surface area contributed by atoms with Gasteiger partial charge in [-0.3, -0.25) is 0 Å². The van der Waals surface area contributed by atoms with Crippen LogP contribution in [0.2, 0.25) is 0 Å². The van der Waals surface area contributed by atoms with Crippen LogP contribution in [-0.4, -0.2) is 34.2 Å². The Labute approximate surface area is 233 Å². The van der Waals surface area contributed by atoms with Gasteiger partial charge in [-0.2, -0.15) is 23.5 Å². The summed E-state index contributed by atoms with van der Waals surface area (Å²) in [5, 5.41) is 20.5. The van der Waals surface area contributed by atoms with Crippen LogP contribution >= 0.6 is 35.3 Å². The smallest absolute Gasteiger partial charge is 0.115 e. The normalized spacial score (nSPS) is 11.1. The Morgan fingerprint density at radius 1 is 0.514 bits per heavy atom. The number of thioether (sulfide) groups is 2. The number of phenols is 2. The van der Waals surface area contributed by atoms with Gasteiger partial charge in [0.1, 0.15) is 11.5 Å². The minimum absolute atomic E-state index is 0.281. The fraction of sp³-hybridized carbons (Fsp3) is 0.250. The van der Waals surface area contributed by atoms with Gasteiger partial charge in [0.25, 0.3) is 0 Å². The molecule has 0 saturated heterocycles. The lowest BCUT2D eigenvalue weighted by molar-refractivity contribution is 0.473. The van der Waals surface area contributed by atoms with Gasteiger partial charge in [0.05, 0.1) is 0 Å². The lowest BCUT2D eigenvalue weighted by Gasteiger charge is -2.14. The van der Waals surface area contributed by atoms with Crippen molar-refractivity contribution in [2.75, 3.05) is 24.0 Å². The number of hydrogen-bond acceptors (Lipinski definition) is 5. The maximum absolute atomic E-state index is 10.2. The number of aryl methyl sites for hydroxylation is 2. The number of aromatic hydroxyl groups is 2. The molecule has 0 amide bonds. The first-order chi connectivity index (χ1) is 18.0. The summed E-state index contributed by atoms with van der Waals surface area (Å²) in [6.07, 6.45) is 7.95. The zero-order valence-corrected chi connectivity index (χ0v) is 23.9. The van der Waals surface area contributed by atoms with Gasteiger partial charge in [0, 0.05) is 9.79 Å². The maximum atomic E-state index is 10.2. The van der Waals surface area contributed by atoms with E-state index >= 15 is 0 Å². The van der Waals surface area contributed by atoms with Crippen molar-refractivity contribution >= 4 is 35.3 Å². The third-order valence-electron chi connectivity index (χ3n) is 6.33. The van der Waals surface area contributed by atoms with Crippen molar-refractivity contribution in [2.24, 2.45) is 0 Å². The Morgan fingerprint density at radius 3 is 1.27 bits per heavy atom. The third kappa shape index (κ3) is 8.26. The van der Waals surface area contributed by atoms with Gasteiger partial charge >= 0.3 is 0 Å². The summed E-state index contributed by atoms with van der Waals surface area (Å²) in [7, 11) is 0. The number of rotatable bonds is 12. The van der Waals surface area contributed by atoms with E-state index in [1.54, 1.807) is 23.9 Å². The molecule has 0 aliphatic carbocycles. The number of hydrogen-bond donors (Lipinski definition) is 2. The second kappa shape index (κ2) is 13.9. The Bertz CT molecular complexity index is 1180. The van der Waals surface area contributed by atoms with Crippen LogP contribution in [0.5, 0.6) is 11.5 Å². The molecule has 4 aromatic rings. The van der Waals surface area contributed by atoms with Gasteiger partial charge in [0.2, 0.25) is 0 Å². The maximum Gasteiger partial charge on any atom is 0.115 e. The molecule has 2 nitrogen and oxygen atoms in total. The molecule has 0 saturated carbocycles. The first-order valence-electron chi connectivity index (χ1n) is 12.5. The van der Waals surface area contributed by atoms with Crippen LogP contribution in [0.4, 0.5) is 0 Å².